The number of carbonyl (C=O) groups excluding carboxylic acids is 1. The van der Waals surface area contributed by atoms with Crippen molar-refractivity contribution in [1.29, 1.82) is 0 Å². The van der Waals surface area contributed by atoms with Crippen molar-refractivity contribution >= 4 is 40.9 Å². The third-order valence-electron chi connectivity index (χ3n) is 3.13. The van der Waals surface area contributed by atoms with Crippen LogP contribution in [0.15, 0.2) is 30.0 Å². The fourth-order valence-electron chi connectivity index (χ4n) is 2.06. The number of thiocarbonyl (C=S) groups is 1. The SMILES string of the molecule is Cc1nn(-c2ccc(F)cc2)c(Cl)c1/C=C1\NC(=S)NC1=O. The number of halogens is 2. The van der Waals surface area contributed by atoms with Gasteiger partial charge >= 0.3 is 0 Å². The molecule has 1 aliphatic heterocycles. The molecular formula is C14H10ClFN4OS. The fourth-order valence-corrected chi connectivity index (χ4v) is 2.58. The Bertz CT molecular complexity index is 813. The zero-order chi connectivity index (χ0) is 15.9. The predicted molar refractivity (Wildman–Crippen MR) is 85.1 cm³/mol. The Labute approximate surface area is 135 Å². The van der Waals surface area contributed by atoms with Gasteiger partial charge in [-0.2, -0.15) is 5.10 Å². The highest BCUT2D eigenvalue weighted by molar-refractivity contribution is 7.80. The summed E-state index contributed by atoms with van der Waals surface area (Å²) >= 11 is 11.2. The smallest absolute Gasteiger partial charge is 0.273 e. The van der Waals surface area contributed by atoms with Crippen LogP contribution >= 0.6 is 23.8 Å². The van der Waals surface area contributed by atoms with Crippen LogP contribution in [0.25, 0.3) is 11.8 Å². The van der Waals surface area contributed by atoms with Gasteiger partial charge in [0.15, 0.2) is 5.11 Å². The number of carbonyl (C=O) groups is 1. The topological polar surface area (TPSA) is 59.0 Å². The maximum atomic E-state index is 13.0. The molecule has 1 aromatic heterocycles. The highest BCUT2D eigenvalue weighted by Gasteiger charge is 2.22. The minimum absolute atomic E-state index is 0.246. The second-order valence-electron chi connectivity index (χ2n) is 4.64. The number of amides is 1. The molecule has 1 amide bonds. The van der Waals surface area contributed by atoms with Crippen molar-refractivity contribution in [3.8, 4) is 5.69 Å². The maximum absolute atomic E-state index is 13.0. The highest BCUT2D eigenvalue weighted by Crippen LogP contribution is 2.26. The van der Waals surface area contributed by atoms with E-state index in [0.29, 0.717) is 27.8 Å². The first-order valence-electron chi connectivity index (χ1n) is 6.31. The molecule has 2 aromatic rings. The van der Waals surface area contributed by atoms with E-state index in [1.165, 1.54) is 16.8 Å². The van der Waals surface area contributed by atoms with E-state index in [-0.39, 0.29) is 16.8 Å². The predicted octanol–water partition coefficient (Wildman–Crippen LogP) is 2.32. The highest BCUT2D eigenvalue weighted by atomic mass is 35.5. The molecule has 0 saturated carbocycles. The van der Waals surface area contributed by atoms with Crippen LogP contribution in [0.5, 0.6) is 0 Å². The maximum Gasteiger partial charge on any atom is 0.273 e. The van der Waals surface area contributed by atoms with Crippen LogP contribution in [0.1, 0.15) is 11.3 Å². The lowest BCUT2D eigenvalue weighted by atomic mass is 10.2. The van der Waals surface area contributed by atoms with Crippen LogP contribution in [0.2, 0.25) is 5.15 Å². The lowest BCUT2D eigenvalue weighted by Gasteiger charge is -2.02. The first kappa shape index (κ1) is 14.7. The molecule has 0 spiro atoms. The van der Waals surface area contributed by atoms with Gasteiger partial charge in [-0.3, -0.25) is 10.1 Å². The Morgan fingerprint density at radius 2 is 2.00 bits per heavy atom. The van der Waals surface area contributed by atoms with Gasteiger partial charge in [-0.15, -0.1) is 0 Å². The molecule has 2 heterocycles. The fraction of sp³-hybridized carbons (Fsp3) is 0.0714. The van der Waals surface area contributed by atoms with Gasteiger partial charge in [0.1, 0.15) is 16.7 Å². The van der Waals surface area contributed by atoms with E-state index in [1.54, 1.807) is 25.1 Å². The van der Waals surface area contributed by atoms with Crippen LogP contribution in [0.4, 0.5) is 4.39 Å². The van der Waals surface area contributed by atoms with Crippen molar-refractivity contribution in [3.05, 3.63) is 52.2 Å². The molecule has 0 aliphatic carbocycles. The summed E-state index contributed by atoms with van der Waals surface area (Å²) in [6.45, 7) is 1.77. The van der Waals surface area contributed by atoms with Crippen molar-refractivity contribution in [3.63, 3.8) is 0 Å². The number of nitrogens with one attached hydrogen (secondary N) is 2. The van der Waals surface area contributed by atoms with Gasteiger partial charge in [0.05, 0.1) is 11.4 Å². The first-order valence-corrected chi connectivity index (χ1v) is 7.09. The summed E-state index contributed by atoms with van der Waals surface area (Å²) in [5, 5.41) is 10.1. The summed E-state index contributed by atoms with van der Waals surface area (Å²) in [6.07, 6.45) is 1.58. The molecule has 0 radical (unpaired) electrons. The van der Waals surface area contributed by atoms with Crippen molar-refractivity contribution in [2.75, 3.05) is 0 Å². The largest absolute Gasteiger partial charge is 0.328 e. The molecule has 1 fully saturated rings. The van der Waals surface area contributed by atoms with Crippen LogP contribution in [0, 0.1) is 12.7 Å². The van der Waals surface area contributed by atoms with Crippen molar-refractivity contribution in [1.82, 2.24) is 20.4 Å². The molecule has 0 atom stereocenters. The molecule has 1 saturated heterocycles. The van der Waals surface area contributed by atoms with Gasteiger partial charge in [-0.25, -0.2) is 9.07 Å². The Kier molecular flexibility index (Phi) is 3.67. The monoisotopic (exact) mass is 336 g/mol. The van der Waals surface area contributed by atoms with Gasteiger partial charge in [0, 0.05) is 5.56 Å². The van der Waals surface area contributed by atoms with E-state index in [9.17, 15) is 9.18 Å². The third kappa shape index (κ3) is 2.60. The lowest BCUT2D eigenvalue weighted by molar-refractivity contribution is -0.115. The van der Waals surface area contributed by atoms with Crippen molar-refractivity contribution in [2.24, 2.45) is 0 Å². The molecule has 0 bridgehead atoms. The first-order chi connectivity index (χ1) is 10.5. The quantitative estimate of drug-likeness (QED) is 0.653. The Morgan fingerprint density at radius 1 is 1.32 bits per heavy atom. The average molecular weight is 337 g/mol. The number of aromatic nitrogens is 2. The second kappa shape index (κ2) is 5.51. The number of rotatable bonds is 2. The van der Waals surface area contributed by atoms with Crippen LogP contribution in [0.3, 0.4) is 0 Å². The number of benzene rings is 1. The van der Waals surface area contributed by atoms with Crippen molar-refractivity contribution < 1.29 is 9.18 Å². The lowest BCUT2D eigenvalue weighted by Crippen LogP contribution is -2.21. The van der Waals surface area contributed by atoms with Gasteiger partial charge in [0.2, 0.25) is 0 Å². The molecule has 22 heavy (non-hydrogen) atoms. The van der Waals surface area contributed by atoms with Gasteiger partial charge in [-0.05, 0) is 49.5 Å². The van der Waals surface area contributed by atoms with Crippen molar-refractivity contribution in [2.45, 2.75) is 6.92 Å². The zero-order valence-corrected chi connectivity index (χ0v) is 12.9. The van der Waals surface area contributed by atoms with Gasteiger partial charge < -0.3 is 5.32 Å². The van der Waals surface area contributed by atoms with Crippen LogP contribution < -0.4 is 10.6 Å². The normalized spacial score (nSPS) is 16.0. The number of aryl methyl sites for hydroxylation is 1. The molecule has 1 aliphatic rings. The summed E-state index contributed by atoms with van der Waals surface area (Å²) < 4.78 is 14.5. The molecular weight excluding hydrogens is 327 g/mol. The van der Waals surface area contributed by atoms with E-state index in [4.69, 9.17) is 23.8 Å². The molecule has 0 unspecified atom stereocenters. The standard InChI is InChI=1S/C14H10ClFN4OS/c1-7-10(6-11-13(21)18-14(22)17-11)12(15)20(19-7)9-4-2-8(16)3-5-9/h2-6H,1H3,(H2,17,18,21,22)/b11-6-. The summed E-state index contributed by atoms with van der Waals surface area (Å²) in [6, 6.07) is 5.79. The third-order valence-corrected chi connectivity index (χ3v) is 3.70. The minimum atomic E-state index is -0.341. The summed E-state index contributed by atoms with van der Waals surface area (Å²) in [7, 11) is 0. The molecule has 2 N–H and O–H groups in total. The summed E-state index contributed by atoms with van der Waals surface area (Å²) in [5.74, 6) is -0.665. The number of nitrogens with zero attached hydrogens (tertiary/aromatic N) is 2. The molecule has 3 rings (SSSR count). The Morgan fingerprint density at radius 3 is 2.59 bits per heavy atom. The van der Waals surface area contributed by atoms with E-state index in [0.717, 1.165) is 0 Å². The van der Waals surface area contributed by atoms with E-state index >= 15 is 0 Å². The average Bonchev–Trinajstić information content (AvgIpc) is 2.93. The molecule has 112 valence electrons. The number of hydrogen-bond donors (Lipinski definition) is 2. The minimum Gasteiger partial charge on any atom is -0.328 e. The number of hydrogen-bond acceptors (Lipinski definition) is 3. The Balaban J connectivity index is 2.04. The molecule has 8 heteroatoms. The van der Waals surface area contributed by atoms with E-state index in [1.807, 2.05) is 0 Å². The Hall–Kier alpha value is -2.25. The summed E-state index contributed by atoms with van der Waals surface area (Å²) in [5.41, 5.74) is 2.15. The molecule has 1 aromatic carbocycles. The van der Waals surface area contributed by atoms with Crippen LogP contribution in [-0.2, 0) is 4.79 Å². The van der Waals surface area contributed by atoms with E-state index < -0.39 is 0 Å². The van der Waals surface area contributed by atoms with E-state index in [2.05, 4.69) is 15.7 Å². The van der Waals surface area contributed by atoms with Gasteiger partial charge in [0.25, 0.3) is 5.91 Å². The van der Waals surface area contributed by atoms with Crippen LogP contribution in [-0.4, -0.2) is 20.8 Å². The van der Waals surface area contributed by atoms with Gasteiger partial charge in [-0.1, -0.05) is 11.6 Å². The molecule has 5 nitrogen and oxygen atoms in total. The summed E-state index contributed by atoms with van der Waals surface area (Å²) in [4.78, 5) is 11.7. The second-order valence-corrected chi connectivity index (χ2v) is 5.41. The zero-order valence-electron chi connectivity index (χ0n) is 11.4.